The molecule has 0 aromatic heterocycles. The van der Waals surface area contributed by atoms with Gasteiger partial charge in [-0.1, -0.05) is 91.9 Å². The smallest absolute Gasteiger partial charge is 0.309 e. The summed E-state index contributed by atoms with van der Waals surface area (Å²) in [7, 11) is 0. The van der Waals surface area contributed by atoms with E-state index >= 15 is 0 Å². The fraction of sp³-hybridized carbons (Fsp3) is 0.950. The average molecular weight is 313 g/mol. The van der Waals surface area contributed by atoms with Gasteiger partial charge in [0.2, 0.25) is 0 Å². The highest BCUT2D eigenvalue weighted by Gasteiger charge is 2.35. The number of unbranched alkanes of at least 4 members (excludes halogenated alkanes) is 7. The van der Waals surface area contributed by atoms with Crippen LogP contribution in [0.2, 0.25) is 0 Å². The first-order valence-corrected chi connectivity index (χ1v) is 9.72. The minimum Gasteiger partial charge on any atom is -0.481 e. The Morgan fingerprint density at radius 3 is 1.82 bits per heavy atom. The summed E-state index contributed by atoms with van der Waals surface area (Å²) in [5.41, 5.74) is -0.451. The van der Waals surface area contributed by atoms with Crippen molar-refractivity contribution in [3.05, 3.63) is 0 Å². The van der Waals surface area contributed by atoms with Gasteiger partial charge in [0.05, 0.1) is 5.41 Å². The van der Waals surface area contributed by atoms with E-state index < -0.39 is 11.4 Å². The SMILES string of the molecule is CCCCC(CC)(CCCCCCCCCC(C)C)C(=O)O. The van der Waals surface area contributed by atoms with Crippen LogP contribution in [0.4, 0.5) is 0 Å². The molecule has 0 rings (SSSR count). The molecule has 1 atom stereocenters. The van der Waals surface area contributed by atoms with Gasteiger partial charge in [-0.25, -0.2) is 0 Å². The van der Waals surface area contributed by atoms with Crippen LogP contribution in [0, 0.1) is 11.3 Å². The van der Waals surface area contributed by atoms with Crippen LogP contribution in [-0.4, -0.2) is 11.1 Å². The first kappa shape index (κ1) is 21.5. The fourth-order valence-corrected chi connectivity index (χ4v) is 3.26. The van der Waals surface area contributed by atoms with Gasteiger partial charge in [0.15, 0.2) is 0 Å². The van der Waals surface area contributed by atoms with E-state index in [0.717, 1.165) is 44.4 Å². The minimum atomic E-state index is -0.572. The highest BCUT2D eigenvalue weighted by atomic mass is 16.4. The van der Waals surface area contributed by atoms with E-state index in [1.807, 2.05) is 6.92 Å². The summed E-state index contributed by atoms with van der Waals surface area (Å²) in [5.74, 6) is 0.262. The van der Waals surface area contributed by atoms with E-state index in [1.165, 1.54) is 44.9 Å². The summed E-state index contributed by atoms with van der Waals surface area (Å²) in [4.78, 5) is 11.7. The standard InChI is InChI=1S/C20H40O2/c1-5-7-16-20(6-2,19(21)22)17-14-12-10-8-9-11-13-15-18(3)4/h18H,5-17H2,1-4H3,(H,21,22). The summed E-state index contributed by atoms with van der Waals surface area (Å²) >= 11 is 0. The number of hydrogen-bond donors (Lipinski definition) is 1. The third kappa shape index (κ3) is 9.48. The van der Waals surface area contributed by atoms with Crippen LogP contribution in [0.1, 0.15) is 111 Å². The molecule has 0 fully saturated rings. The van der Waals surface area contributed by atoms with Gasteiger partial charge < -0.3 is 5.11 Å². The van der Waals surface area contributed by atoms with E-state index in [0.29, 0.717) is 0 Å². The molecule has 0 saturated carbocycles. The lowest BCUT2D eigenvalue weighted by Crippen LogP contribution is -2.30. The van der Waals surface area contributed by atoms with Gasteiger partial charge in [0.1, 0.15) is 0 Å². The molecule has 0 aliphatic heterocycles. The normalized spacial score (nSPS) is 14.2. The number of carbonyl (C=O) groups is 1. The van der Waals surface area contributed by atoms with E-state index in [-0.39, 0.29) is 0 Å². The zero-order valence-corrected chi connectivity index (χ0v) is 15.6. The van der Waals surface area contributed by atoms with Crippen molar-refractivity contribution >= 4 is 5.97 Å². The molecule has 0 saturated heterocycles. The zero-order chi connectivity index (χ0) is 16.8. The van der Waals surface area contributed by atoms with Crippen LogP contribution in [0.3, 0.4) is 0 Å². The Bertz CT molecular complexity index is 273. The fourth-order valence-electron chi connectivity index (χ4n) is 3.26. The summed E-state index contributed by atoms with van der Waals surface area (Å²) in [6.07, 6.45) is 14.9. The Morgan fingerprint density at radius 1 is 0.864 bits per heavy atom. The molecular weight excluding hydrogens is 272 g/mol. The largest absolute Gasteiger partial charge is 0.481 e. The quantitative estimate of drug-likeness (QED) is 0.337. The van der Waals surface area contributed by atoms with Crippen LogP contribution in [0.5, 0.6) is 0 Å². The van der Waals surface area contributed by atoms with Gasteiger partial charge in [-0.05, 0) is 25.2 Å². The third-order valence-electron chi connectivity index (χ3n) is 5.08. The Morgan fingerprint density at radius 2 is 1.36 bits per heavy atom. The number of carboxylic acid groups (broad SMARTS) is 1. The molecule has 0 aliphatic carbocycles. The number of carboxylic acids is 1. The minimum absolute atomic E-state index is 0.451. The second-order valence-electron chi connectivity index (χ2n) is 7.45. The Balaban J connectivity index is 3.78. The molecule has 0 heterocycles. The topological polar surface area (TPSA) is 37.3 Å². The lowest BCUT2D eigenvalue weighted by Gasteiger charge is -2.28. The van der Waals surface area contributed by atoms with Crippen molar-refractivity contribution in [2.75, 3.05) is 0 Å². The molecule has 0 amide bonds. The van der Waals surface area contributed by atoms with Crippen molar-refractivity contribution < 1.29 is 9.90 Å². The molecule has 22 heavy (non-hydrogen) atoms. The lowest BCUT2D eigenvalue weighted by atomic mass is 9.76. The van der Waals surface area contributed by atoms with Gasteiger partial charge in [0, 0.05) is 0 Å². The third-order valence-corrected chi connectivity index (χ3v) is 5.08. The maximum absolute atomic E-state index is 11.7. The molecule has 132 valence electrons. The van der Waals surface area contributed by atoms with Crippen molar-refractivity contribution in [3.8, 4) is 0 Å². The molecule has 2 heteroatoms. The molecule has 1 unspecified atom stereocenters. The van der Waals surface area contributed by atoms with Crippen molar-refractivity contribution in [1.82, 2.24) is 0 Å². The Labute approximate surface area is 139 Å². The van der Waals surface area contributed by atoms with Gasteiger partial charge in [0.25, 0.3) is 0 Å². The van der Waals surface area contributed by atoms with Gasteiger partial charge in [-0.15, -0.1) is 0 Å². The van der Waals surface area contributed by atoms with Gasteiger partial charge in [-0.3, -0.25) is 4.79 Å². The van der Waals surface area contributed by atoms with Crippen LogP contribution in [0.25, 0.3) is 0 Å². The monoisotopic (exact) mass is 312 g/mol. The summed E-state index contributed by atoms with van der Waals surface area (Å²) < 4.78 is 0. The van der Waals surface area contributed by atoms with Crippen molar-refractivity contribution in [2.45, 2.75) is 111 Å². The summed E-state index contributed by atoms with van der Waals surface area (Å²) in [6.45, 7) is 8.77. The van der Waals surface area contributed by atoms with Crippen molar-refractivity contribution in [2.24, 2.45) is 11.3 Å². The molecule has 0 aliphatic rings. The van der Waals surface area contributed by atoms with Crippen molar-refractivity contribution in [3.63, 3.8) is 0 Å². The Kier molecular flexibility index (Phi) is 12.6. The summed E-state index contributed by atoms with van der Waals surface area (Å²) in [6, 6.07) is 0. The maximum atomic E-state index is 11.7. The number of hydrogen-bond acceptors (Lipinski definition) is 1. The molecule has 0 radical (unpaired) electrons. The van der Waals surface area contributed by atoms with Crippen LogP contribution in [-0.2, 0) is 4.79 Å². The first-order valence-electron chi connectivity index (χ1n) is 9.72. The molecule has 2 nitrogen and oxygen atoms in total. The molecule has 0 spiro atoms. The van der Waals surface area contributed by atoms with E-state index in [1.54, 1.807) is 0 Å². The van der Waals surface area contributed by atoms with Crippen LogP contribution in [0.15, 0.2) is 0 Å². The number of rotatable bonds is 15. The predicted octanol–water partition coefficient (Wildman–Crippen LogP) is 6.82. The van der Waals surface area contributed by atoms with E-state index in [9.17, 15) is 9.90 Å². The van der Waals surface area contributed by atoms with Gasteiger partial charge in [-0.2, -0.15) is 0 Å². The Hall–Kier alpha value is -0.530. The highest BCUT2D eigenvalue weighted by molar-refractivity contribution is 5.74. The summed E-state index contributed by atoms with van der Waals surface area (Å²) in [5, 5.41) is 9.59. The maximum Gasteiger partial charge on any atom is 0.309 e. The zero-order valence-electron chi connectivity index (χ0n) is 15.6. The predicted molar refractivity (Wildman–Crippen MR) is 96.3 cm³/mol. The first-order chi connectivity index (χ1) is 10.5. The van der Waals surface area contributed by atoms with Gasteiger partial charge >= 0.3 is 5.97 Å². The lowest BCUT2D eigenvalue weighted by molar-refractivity contribution is -0.150. The van der Waals surface area contributed by atoms with Crippen molar-refractivity contribution in [1.29, 1.82) is 0 Å². The second-order valence-corrected chi connectivity index (χ2v) is 7.45. The molecule has 0 aromatic carbocycles. The second kappa shape index (κ2) is 13.0. The molecule has 0 aromatic rings. The molecule has 1 N–H and O–H groups in total. The average Bonchev–Trinajstić information content (AvgIpc) is 2.48. The van der Waals surface area contributed by atoms with Crippen LogP contribution >= 0.6 is 0 Å². The van der Waals surface area contributed by atoms with E-state index in [4.69, 9.17) is 0 Å². The molecular formula is C20H40O2. The number of aliphatic carboxylic acids is 1. The van der Waals surface area contributed by atoms with E-state index in [2.05, 4.69) is 20.8 Å². The van der Waals surface area contributed by atoms with Crippen LogP contribution < -0.4 is 0 Å². The highest BCUT2D eigenvalue weighted by Crippen LogP contribution is 2.35. The molecule has 0 bridgehead atoms.